The second kappa shape index (κ2) is 8.18. The van der Waals surface area contributed by atoms with Crippen molar-refractivity contribution in [3.63, 3.8) is 0 Å². The van der Waals surface area contributed by atoms with Gasteiger partial charge >= 0.3 is 0 Å². The van der Waals surface area contributed by atoms with Crippen LogP contribution in [0.1, 0.15) is 39.4 Å². The zero-order chi connectivity index (χ0) is 18.5. The van der Waals surface area contributed by atoms with E-state index in [0.717, 1.165) is 42.7 Å². The Labute approximate surface area is 159 Å². The van der Waals surface area contributed by atoms with E-state index >= 15 is 0 Å². The summed E-state index contributed by atoms with van der Waals surface area (Å²) in [6.45, 7) is 3.16. The first kappa shape index (κ1) is 17.5. The largest absolute Gasteiger partial charge is 0.348 e. The summed E-state index contributed by atoms with van der Waals surface area (Å²) in [6.07, 6.45) is 4.88. The normalized spacial score (nSPS) is 16.4. The summed E-state index contributed by atoms with van der Waals surface area (Å²) in [5.74, 6) is 0.397. The molecule has 5 nitrogen and oxygen atoms in total. The Hall–Kier alpha value is -2.92. The number of nitrogens with one attached hydrogen (secondary N) is 2. The van der Waals surface area contributed by atoms with Gasteiger partial charge in [0.2, 0.25) is 0 Å². The molecule has 2 aromatic carbocycles. The zero-order valence-electron chi connectivity index (χ0n) is 15.3. The fraction of sp³-hybridized carbons (Fsp3) is 0.273. The van der Waals surface area contributed by atoms with E-state index in [0.29, 0.717) is 12.5 Å². The van der Waals surface area contributed by atoms with Gasteiger partial charge in [0.15, 0.2) is 0 Å². The van der Waals surface area contributed by atoms with Crippen LogP contribution in [-0.4, -0.2) is 28.8 Å². The first-order valence-electron chi connectivity index (χ1n) is 9.43. The number of amides is 1. The van der Waals surface area contributed by atoms with Crippen LogP contribution in [0.5, 0.6) is 0 Å². The van der Waals surface area contributed by atoms with Crippen LogP contribution in [0.4, 0.5) is 0 Å². The lowest BCUT2D eigenvalue weighted by molar-refractivity contribution is 0.0949. The van der Waals surface area contributed by atoms with Gasteiger partial charge in [0, 0.05) is 30.4 Å². The molecular formula is C22H24N4O. The van der Waals surface area contributed by atoms with Crippen LogP contribution < -0.4 is 10.6 Å². The number of carbonyl (C=O) groups is 1. The molecule has 2 N–H and O–H groups in total. The molecule has 2 heterocycles. The number of nitrogens with zero attached hydrogens (tertiary/aromatic N) is 2. The highest BCUT2D eigenvalue weighted by atomic mass is 16.1. The number of hydrogen-bond donors (Lipinski definition) is 2. The molecule has 1 atom stereocenters. The Morgan fingerprint density at radius 2 is 1.93 bits per heavy atom. The van der Waals surface area contributed by atoms with Crippen molar-refractivity contribution in [2.24, 2.45) is 0 Å². The summed E-state index contributed by atoms with van der Waals surface area (Å²) in [7, 11) is 0. The van der Waals surface area contributed by atoms with Gasteiger partial charge in [-0.2, -0.15) is 5.10 Å². The first-order chi connectivity index (χ1) is 13.3. The van der Waals surface area contributed by atoms with Crippen LogP contribution in [-0.2, 0) is 13.1 Å². The van der Waals surface area contributed by atoms with Crippen molar-refractivity contribution in [1.29, 1.82) is 0 Å². The van der Waals surface area contributed by atoms with E-state index in [-0.39, 0.29) is 5.91 Å². The minimum Gasteiger partial charge on any atom is -0.348 e. The summed E-state index contributed by atoms with van der Waals surface area (Å²) < 4.78 is 1.90. The minimum absolute atomic E-state index is 0.0201. The summed E-state index contributed by atoms with van der Waals surface area (Å²) >= 11 is 0. The zero-order valence-corrected chi connectivity index (χ0v) is 15.3. The molecule has 0 radical (unpaired) electrons. The van der Waals surface area contributed by atoms with Gasteiger partial charge in [0.05, 0.1) is 12.7 Å². The van der Waals surface area contributed by atoms with Crippen LogP contribution in [0, 0.1) is 0 Å². The standard InChI is InChI=1S/C22H24N4O/c27-22(21-9-5-4-8-20(21)19-10-11-23-14-19)24-12-18-13-25-26(16-18)15-17-6-2-1-3-7-17/h1-9,13,16,19,23H,10-12,14-15H2,(H,24,27)/t19-/m1/s1. The fourth-order valence-electron chi connectivity index (χ4n) is 3.61. The number of aromatic nitrogens is 2. The molecule has 0 bridgehead atoms. The molecule has 5 heteroatoms. The molecule has 0 unspecified atom stereocenters. The Balaban J connectivity index is 1.39. The van der Waals surface area contributed by atoms with Crippen LogP contribution in [0.3, 0.4) is 0 Å². The van der Waals surface area contributed by atoms with Gasteiger partial charge in [-0.15, -0.1) is 0 Å². The molecule has 1 aliphatic rings. The molecule has 1 aromatic heterocycles. The summed E-state index contributed by atoms with van der Waals surface area (Å²) in [6, 6.07) is 18.2. The minimum atomic E-state index is -0.0201. The lowest BCUT2D eigenvalue weighted by Crippen LogP contribution is -2.24. The predicted octanol–water partition coefficient (Wildman–Crippen LogP) is 2.94. The highest BCUT2D eigenvalue weighted by Gasteiger charge is 2.21. The maximum absolute atomic E-state index is 12.7. The molecule has 0 aliphatic carbocycles. The third-order valence-corrected chi connectivity index (χ3v) is 5.03. The molecule has 1 fully saturated rings. The van der Waals surface area contributed by atoms with Gasteiger partial charge in [-0.3, -0.25) is 9.48 Å². The molecule has 1 aliphatic heterocycles. The number of benzene rings is 2. The van der Waals surface area contributed by atoms with Gasteiger partial charge in [-0.1, -0.05) is 48.5 Å². The molecule has 138 valence electrons. The van der Waals surface area contributed by atoms with Crippen molar-refractivity contribution in [3.8, 4) is 0 Å². The van der Waals surface area contributed by atoms with E-state index in [4.69, 9.17) is 0 Å². The van der Waals surface area contributed by atoms with Crippen molar-refractivity contribution in [3.05, 3.63) is 89.2 Å². The SMILES string of the molecule is O=C(NCc1cnn(Cc2ccccc2)c1)c1ccccc1[C@@H]1CCNC1. The number of hydrogen-bond acceptors (Lipinski definition) is 3. The van der Waals surface area contributed by atoms with Gasteiger partial charge in [0.25, 0.3) is 5.91 Å². The summed E-state index contributed by atoms with van der Waals surface area (Å²) in [4.78, 5) is 12.7. The Morgan fingerprint density at radius 1 is 1.11 bits per heavy atom. The molecule has 27 heavy (non-hydrogen) atoms. The van der Waals surface area contributed by atoms with E-state index < -0.39 is 0 Å². The lowest BCUT2D eigenvalue weighted by atomic mass is 9.93. The second-order valence-corrected chi connectivity index (χ2v) is 6.99. The van der Waals surface area contributed by atoms with E-state index in [1.165, 1.54) is 5.56 Å². The van der Waals surface area contributed by atoms with Crippen LogP contribution in [0.2, 0.25) is 0 Å². The summed E-state index contributed by atoms with van der Waals surface area (Å²) in [5, 5.41) is 10.8. The predicted molar refractivity (Wildman–Crippen MR) is 106 cm³/mol. The Morgan fingerprint density at radius 3 is 2.74 bits per heavy atom. The fourth-order valence-corrected chi connectivity index (χ4v) is 3.61. The average Bonchev–Trinajstić information content (AvgIpc) is 3.39. The van der Waals surface area contributed by atoms with Crippen molar-refractivity contribution >= 4 is 5.91 Å². The lowest BCUT2D eigenvalue weighted by Gasteiger charge is -2.14. The van der Waals surface area contributed by atoms with Crippen molar-refractivity contribution in [2.75, 3.05) is 13.1 Å². The van der Waals surface area contributed by atoms with E-state index in [1.54, 1.807) is 0 Å². The monoisotopic (exact) mass is 360 g/mol. The first-order valence-corrected chi connectivity index (χ1v) is 9.43. The van der Waals surface area contributed by atoms with E-state index in [9.17, 15) is 4.79 Å². The molecule has 3 aromatic rings. The van der Waals surface area contributed by atoms with E-state index in [1.807, 2.05) is 53.5 Å². The molecule has 4 rings (SSSR count). The summed E-state index contributed by atoms with van der Waals surface area (Å²) in [5.41, 5.74) is 4.12. The number of rotatable bonds is 6. The van der Waals surface area contributed by atoms with Crippen LogP contribution >= 0.6 is 0 Å². The maximum Gasteiger partial charge on any atom is 0.251 e. The van der Waals surface area contributed by atoms with Crippen LogP contribution in [0.25, 0.3) is 0 Å². The highest BCUT2D eigenvalue weighted by Crippen LogP contribution is 2.25. The quantitative estimate of drug-likeness (QED) is 0.711. The molecule has 1 amide bonds. The third kappa shape index (κ3) is 4.26. The highest BCUT2D eigenvalue weighted by molar-refractivity contribution is 5.95. The van der Waals surface area contributed by atoms with Gasteiger partial charge in [-0.05, 0) is 36.1 Å². The average molecular weight is 360 g/mol. The van der Waals surface area contributed by atoms with Crippen LogP contribution in [0.15, 0.2) is 67.0 Å². The second-order valence-electron chi connectivity index (χ2n) is 6.99. The maximum atomic E-state index is 12.7. The Kier molecular flexibility index (Phi) is 5.30. The topological polar surface area (TPSA) is 59.0 Å². The van der Waals surface area contributed by atoms with Gasteiger partial charge in [-0.25, -0.2) is 0 Å². The smallest absolute Gasteiger partial charge is 0.251 e. The molecule has 0 spiro atoms. The molecular weight excluding hydrogens is 336 g/mol. The van der Waals surface area contributed by atoms with Crippen molar-refractivity contribution in [1.82, 2.24) is 20.4 Å². The van der Waals surface area contributed by atoms with Gasteiger partial charge in [0.1, 0.15) is 0 Å². The van der Waals surface area contributed by atoms with Crippen molar-refractivity contribution in [2.45, 2.75) is 25.4 Å². The molecule has 1 saturated heterocycles. The molecule has 0 saturated carbocycles. The van der Waals surface area contributed by atoms with E-state index in [2.05, 4.69) is 33.9 Å². The van der Waals surface area contributed by atoms with Crippen molar-refractivity contribution < 1.29 is 4.79 Å². The Bertz CT molecular complexity index is 897. The van der Waals surface area contributed by atoms with Gasteiger partial charge < -0.3 is 10.6 Å². The number of carbonyl (C=O) groups excluding carboxylic acids is 1. The third-order valence-electron chi connectivity index (χ3n) is 5.03.